The van der Waals surface area contributed by atoms with E-state index in [1.165, 1.54) is 90.8 Å². The van der Waals surface area contributed by atoms with Crippen molar-refractivity contribution in [3.63, 3.8) is 0 Å². The number of carbonyl (C=O) groups is 1. The first-order valence-electron chi connectivity index (χ1n) is 16.7. The van der Waals surface area contributed by atoms with Gasteiger partial charge in [-0.3, -0.25) is 0 Å². The molecule has 0 bridgehead atoms. The molecule has 0 saturated heterocycles. The molecule has 0 spiro atoms. The Morgan fingerprint density at radius 1 is 0.656 bits per heavy atom. The summed E-state index contributed by atoms with van der Waals surface area (Å²) < 4.78 is 116. The maximum atomic E-state index is 12.6. The maximum absolute atomic E-state index is 12.6. The molecule has 7 aromatic rings. The Morgan fingerprint density at radius 3 is 1.83 bits per heavy atom. The molecule has 0 saturated carbocycles. The Balaban J connectivity index is 0.00000299. The van der Waals surface area contributed by atoms with E-state index in [0.29, 0.717) is 0 Å². The molecule has 28 heteroatoms. The summed E-state index contributed by atoms with van der Waals surface area (Å²) in [5.41, 5.74) is -0.482. The molecule has 0 fully saturated rings. The normalized spacial score (nSPS) is 11.8. The van der Waals surface area contributed by atoms with Gasteiger partial charge in [0.25, 0.3) is 0 Å². The fraction of sp³-hybridized carbons (Fsp3) is 0.0278. The summed E-state index contributed by atoms with van der Waals surface area (Å²) in [7, 11) is -13.9. The van der Waals surface area contributed by atoms with E-state index >= 15 is 0 Å². The van der Waals surface area contributed by atoms with E-state index in [4.69, 9.17) is 16.3 Å². The monoisotopic (exact) mass is 971 g/mol. The molecular formula is C36H21ClN9Na3O12S3. The van der Waals surface area contributed by atoms with Gasteiger partial charge in [-0.2, -0.15) is 4.98 Å². The van der Waals surface area contributed by atoms with Gasteiger partial charge in [0, 0.05) is 27.1 Å². The molecule has 0 atom stereocenters. The molecule has 7 rings (SSSR count). The second-order valence-corrected chi connectivity index (χ2v) is 16.8. The predicted molar refractivity (Wildman–Crippen MR) is 207 cm³/mol. The van der Waals surface area contributed by atoms with Gasteiger partial charge in [0.05, 0.1) is 62.9 Å². The number of hydrogen-bond acceptors (Lipinski definition) is 20. The summed E-state index contributed by atoms with van der Waals surface area (Å²) in [6.45, 7) is 0. The van der Waals surface area contributed by atoms with Crippen molar-refractivity contribution in [2.45, 2.75) is 14.7 Å². The van der Waals surface area contributed by atoms with Gasteiger partial charge in [-0.15, -0.1) is 20.5 Å². The number of rotatable bonds is 12. The third-order valence-corrected chi connectivity index (χ3v) is 11.3. The van der Waals surface area contributed by atoms with Crippen molar-refractivity contribution in [1.29, 1.82) is 0 Å². The van der Waals surface area contributed by atoms with Crippen LogP contribution in [0.15, 0.2) is 139 Å². The number of pyridine rings is 1. The van der Waals surface area contributed by atoms with E-state index in [9.17, 15) is 48.8 Å². The minimum absolute atomic E-state index is 0. The van der Waals surface area contributed by atoms with Crippen LogP contribution in [0.25, 0.3) is 27.5 Å². The molecule has 64 heavy (non-hydrogen) atoms. The average Bonchev–Trinajstić information content (AvgIpc) is 3.21. The Labute approximate surface area is 434 Å². The molecule has 0 aliphatic heterocycles. The van der Waals surface area contributed by atoms with Gasteiger partial charge in [0.1, 0.15) is 41.8 Å². The number of carboxylic acid groups (broad SMARTS) is 1. The van der Waals surface area contributed by atoms with Crippen LogP contribution >= 0.6 is 11.6 Å². The van der Waals surface area contributed by atoms with Gasteiger partial charge < -0.3 is 33.6 Å². The maximum Gasteiger partial charge on any atom is 1.00 e. The molecule has 0 aliphatic rings. The molecule has 5 aromatic carbocycles. The molecule has 2 heterocycles. The molecule has 2 aromatic heterocycles. The topological polar surface area (TPSA) is 325 Å². The Kier molecular flexibility index (Phi) is 17.4. The van der Waals surface area contributed by atoms with Gasteiger partial charge in [-0.1, -0.05) is 18.2 Å². The number of methoxy groups -OCH3 is 1. The van der Waals surface area contributed by atoms with Crippen LogP contribution in [0.3, 0.4) is 0 Å². The van der Waals surface area contributed by atoms with Crippen molar-refractivity contribution in [3.05, 3.63) is 114 Å². The first kappa shape index (κ1) is 52.7. The number of hydrogen-bond donors (Lipinski definition) is 1. The van der Waals surface area contributed by atoms with Crippen LogP contribution < -0.4 is 108 Å². The number of aromatic nitrogens is 4. The Bertz CT molecular complexity index is 3370. The van der Waals surface area contributed by atoms with Crippen LogP contribution in [0.4, 0.5) is 34.4 Å². The van der Waals surface area contributed by atoms with Gasteiger partial charge in [-0.05, 0) is 94.4 Å². The summed E-state index contributed by atoms with van der Waals surface area (Å²) >= 11 is 6.17. The first-order valence-corrected chi connectivity index (χ1v) is 21.3. The zero-order valence-corrected chi connectivity index (χ0v) is 42.6. The number of aromatic carboxylic acids is 1. The number of carboxylic acids is 1. The first-order chi connectivity index (χ1) is 28.8. The van der Waals surface area contributed by atoms with Crippen LogP contribution in [0, 0.1) is 0 Å². The summed E-state index contributed by atoms with van der Waals surface area (Å²) in [5, 5.41) is 30.3. The SMILES string of the molecule is COc1ccc(N=Nc2ccc(N=Nc3ccc(Nc4nc(Cl)nc(-[n+]5ccc(C(=O)[O-])cc5)n4)c4c(S(=O)(=O)[O-])cccc34)c3cc(S(=O)(=O)[O-])ccc23)c(S(=O)(=O)[O-])c1.[Na+].[Na+].[Na+]. The van der Waals surface area contributed by atoms with Gasteiger partial charge in [0.2, 0.25) is 0 Å². The minimum atomic E-state index is -5.15. The van der Waals surface area contributed by atoms with Crippen LogP contribution in [-0.2, 0) is 30.4 Å². The molecule has 310 valence electrons. The number of carbonyl (C=O) groups excluding carboxylic acids is 1. The van der Waals surface area contributed by atoms with Crippen molar-refractivity contribution >= 4 is 104 Å². The van der Waals surface area contributed by atoms with Crippen molar-refractivity contribution in [2.24, 2.45) is 20.5 Å². The number of benzene rings is 5. The molecule has 0 radical (unpaired) electrons. The van der Waals surface area contributed by atoms with Crippen molar-refractivity contribution in [3.8, 4) is 11.7 Å². The zero-order chi connectivity index (χ0) is 43.9. The van der Waals surface area contributed by atoms with Crippen molar-refractivity contribution < 1.29 is 147 Å². The fourth-order valence-corrected chi connectivity index (χ4v) is 7.82. The fourth-order valence-electron chi connectivity index (χ4n) is 5.83. The molecular weight excluding hydrogens is 951 g/mol. The smallest absolute Gasteiger partial charge is 0.744 e. The molecule has 0 unspecified atom stereocenters. The molecule has 21 nitrogen and oxygen atoms in total. The molecule has 0 amide bonds. The summed E-state index contributed by atoms with van der Waals surface area (Å²) in [5.74, 6) is -1.65. The number of fused-ring (bicyclic) bond motifs is 2. The third-order valence-electron chi connectivity index (χ3n) is 8.59. The van der Waals surface area contributed by atoms with Crippen LogP contribution in [-0.4, -0.2) is 66.9 Å². The summed E-state index contributed by atoms with van der Waals surface area (Å²) in [6.07, 6.45) is 2.64. The van der Waals surface area contributed by atoms with Crippen LogP contribution in [0.2, 0.25) is 5.28 Å². The standard InChI is InChI=1S/C36H24ClN9O12S3.3Na/c1-58-20-5-8-28(31(17-20)61(55,56)57)45-42-25-9-10-27(24-18-21(59(49,50)51)6-7-22(24)25)44-43-26-11-12-29(32-23(26)3-2-4-30(32)60(52,53)54)38-35-39-34(37)40-36(41-35)46-15-13-19(14-16-46)33(47)48;;;/h2-18H,1H3,(H4-,38,39,40,41,44,45,47,48,49,50,51,52,53,54,55,56,57);;;/q;3*+1/p-3. The van der Waals surface area contributed by atoms with Crippen molar-refractivity contribution in [1.82, 2.24) is 15.0 Å². The quantitative estimate of drug-likeness (QED) is 0.0525. The Morgan fingerprint density at radius 2 is 1.23 bits per heavy atom. The third kappa shape index (κ3) is 11.9. The zero-order valence-electron chi connectivity index (χ0n) is 33.4. The van der Waals surface area contributed by atoms with Crippen molar-refractivity contribution in [2.75, 3.05) is 12.4 Å². The number of nitrogens with zero attached hydrogens (tertiary/aromatic N) is 8. The number of azo groups is 2. The van der Waals surface area contributed by atoms with E-state index in [-0.39, 0.29) is 167 Å². The second kappa shape index (κ2) is 21.1. The number of anilines is 2. The van der Waals surface area contributed by atoms with Gasteiger partial charge >= 0.3 is 106 Å². The van der Waals surface area contributed by atoms with Gasteiger partial charge in [-0.25, -0.2) is 29.8 Å². The van der Waals surface area contributed by atoms with Crippen LogP contribution in [0.1, 0.15) is 10.4 Å². The number of ether oxygens (including phenoxy) is 1. The number of nitrogens with one attached hydrogen (secondary N) is 1. The van der Waals surface area contributed by atoms with E-state index < -0.39 is 51.0 Å². The second-order valence-electron chi connectivity index (χ2n) is 12.4. The largest absolute Gasteiger partial charge is 1.00 e. The summed E-state index contributed by atoms with van der Waals surface area (Å²) in [6, 6.07) is 18.4. The minimum Gasteiger partial charge on any atom is -0.744 e. The number of halogens is 1. The van der Waals surface area contributed by atoms with E-state index in [1.807, 2.05) is 0 Å². The molecule has 1 N–H and O–H groups in total. The summed E-state index contributed by atoms with van der Waals surface area (Å²) in [4.78, 5) is 21.5. The predicted octanol–water partition coefficient (Wildman–Crippen LogP) is -4.22. The average molecular weight is 972 g/mol. The Hall–Kier alpha value is -3.93. The van der Waals surface area contributed by atoms with Crippen LogP contribution in [0.5, 0.6) is 5.75 Å². The van der Waals surface area contributed by atoms with E-state index in [1.54, 1.807) is 0 Å². The molecule has 0 aliphatic carbocycles. The van der Waals surface area contributed by atoms with E-state index in [0.717, 1.165) is 24.3 Å². The van der Waals surface area contributed by atoms with Gasteiger partial charge in [0.15, 0.2) is 0 Å². The van der Waals surface area contributed by atoms with E-state index in [2.05, 4.69) is 40.7 Å².